The Kier molecular flexibility index (Phi) is 7.85. The van der Waals surface area contributed by atoms with Gasteiger partial charge in [-0.05, 0) is 43.3 Å². The van der Waals surface area contributed by atoms with Crippen LogP contribution in [0.15, 0.2) is 55.3 Å². The molecule has 3 N–H and O–H groups in total. The number of rotatable bonds is 7. The first-order valence-corrected chi connectivity index (χ1v) is 14.5. The molecule has 3 amide bonds. The molecule has 12 nitrogen and oxygen atoms in total. The number of carbonyl (C=O) groups excluding carboxylic acids is 3. The van der Waals surface area contributed by atoms with Crippen LogP contribution in [0, 0.1) is 18.6 Å². The standard InChI is InChI=1S/C30H26F2N8O4S/c1-4-24(41)39-10-11-40-21(14-39)28(42)36-20-12-16(15(2)34-27(20)40)19-8-9-22(44-3)26(35-19)38-30-33-13-23(45-30)29(43)37-25-17(31)6-5-7-18(25)32/h4-9,12-13,21H,1,10-11,14H2,2-3H3,(H,36,42)(H,37,43)(H,33,35,38). The molecule has 230 valence electrons. The number of anilines is 5. The first kappa shape index (κ1) is 29.6. The summed E-state index contributed by atoms with van der Waals surface area (Å²) in [7, 11) is 1.48. The second-order valence-corrected chi connectivity index (χ2v) is 11.2. The lowest BCUT2D eigenvalue weighted by Crippen LogP contribution is -2.61. The molecule has 1 unspecified atom stereocenters. The van der Waals surface area contributed by atoms with E-state index in [0.717, 1.165) is 23.5 Å². The maximum atomic E-state index is 14.0. The van der Waals surface area contributed by atoms with E-state index in [1.165, 1.54) is 25.4 Å². The monoisotopic (exact) mass is 632 g/mol. The summed E-state index contributed by atoms with van der Waals surface area (Å²) in [4.78, 5) is 55.2. The van der Waals surface area contributed by atoms with Crippen LogP contribution < -0.4 is 25.6 Å². The van der Waals surface area contributed by atoms with Gasteiger partial charge in [0.1, 0.15) is 28.2 Å². The van der Waals surface area contributed by atoms with E-state index in [0.29, 0.717) is 53.1 Å². The fraction of sp³-hybridized carbons (Fsp3) is 0.200. The van der Waals surface area contributed by atoms with Crippen molar-refractivity contribution >= 4 is 57.2 Å². The molecule has 5 heterocycles. The number of pyridine rings is 2. The van der Waals surface area contributed by atoms with Crippen molar-refractivity contribution in [3.05, 3.63) is 77.5 Å². The molecule has 1 saturated heterocycles. The predicted octanol–water partition coefficient (Wildman–Crippen LogP) is 4.35. The van der Waals surface area contributed by atoms with Crippen LogP contribution in [0.25, 0.3) is 11.3 Å². The topological polar surface area (TPSA) is 142 Å². The van der Waals surface area contributed by atoms with Crippen LogP contribution in [0.2, 0.25) is 0 Å². The predicted molar refractivity (Wildman–Crippen MR) is 165 cm³/mol. The minimum atomic E-state index is -0.897. The maximum absolute atomic E-state index is 14.0. The summed E-state index contributed by atoms with van der Waals surface area (Å²) in [6.07, 6.45) is 2.52. The van der Waals surface area contributed by atoms with E-state index in [9.17, 15) is 23.2 Å². The Bertz CT molecular complexity index is 1850. The van der Waals surface area contributed by atoms with Gasteiger partial charge < -0.3 is 30.5 Å². The summed E-state index contributed by atoms with van der Waals surface area (Å²) in [6, 6.07) is 7.98. The number of amides is 3. The second-order valence-electron chi connectivity index (χ2n) is 10.1. The van der Waals surface area contributed by atoms with E-state index < -0.39 is 29.3 Å². The van der Waals surface area contributed by atoms with Gasteiger partial charge in [-0.3, -0.25) is 14.4 Å². The lowest BCUT2D eigenvalue weighted by molar-refractivity contribution is -0.128. The summed E-state index contributed by atoms with van der Waals surface area (Å²) in [6.45, 7) is 6.47. The first-order chi connectivity index (χ1) is 21.7. The number of nitrogens with one attached hydrogen (secondary N) is 3. The van der Waals surface area contributed by atoms with Crippen molar-refractivity contribution < 1.29 is 27.9 Å². The molecule has 2 aliphatic heterocycles. The highest BCUT2D eigenvalue weighted by Gasteiger charge is 2.39. The number of benzene rings is 1. The van der Waals surface area contributed by atoms with E-state index in [1.54, 1.807) is 23.1 Å². The Morgan fingerprint density at radius 1 is 1.18 bits per heavy atom. The fourth-order valence-corrected chi connectivity index (χ4v) is 5.86. The molecule has 0 saturated carbocycles. The number of carbonyl (C=O) groups is 3. The number of methoxy groups -OCH3 is 1. The van der Waals surface area contributed by atoms with Gasteiger partial charge in [0.25, 0.3) is 5.91 Å². The van der Waals surface area contributed by atoms with Crippen LogP contribution >= 0.6 is 11.3 Å². The third-order valence-corrected chi connectivity index (χ3v) is 8.31. The van der Waals surface area contributed by atoms with Crippen LogP contribution in [-0.2, 0) is 9.59 Å². The largest absolute Gasteiger partial charge is 0.493 e. The molecule has 45 heavy (non-hydrogen) atoms. The number of aryl methyl sites for hydroxylation is 1. The Morgan fingerprint density at radius 3 is 2.69 bits per heavy atom. The molecule has 0 bridgehead atoms. The summed E-state index contributed by atoms with van der Waals surface area (Å²) < 4.78 is 33.5. The quantitative estimate of drug-likeness (QED) is 0.254. The van der Waals surface area contributed by atoms with Crippen molar-refractivity contribution in [3.8, 4) is 17.0 Å². The van der Waals surface area contributed by atoms with Crippen molar-refractivity contribution in [1.29, 1.82) is 0 Å². The third-order valence-electron chi connectivity index (χ3n) is 7.40. The Hall–Kier alpha value is -5.44. The average molecular weight is 633 g/mol. The Labute approximate surface area is 259 Å². The number of piperazine rings is 1. The van der Waals surface area contributed by atoms with Gasteiger partial charge in [-0.15, -0.1) is 0 Å². The van der Waals surface area contributed by atoms with Crippen molar-refractivity contribution in [1.82, 2.24) is 19.9 Å². The summed E-state index contributed by atoms with van der Waals surface area (Å²) in [5, 5.41) is 8.49. The zero-order valence-corrected chi connectivity index (χ0v) is 24.9. The van der Waals surface area contributed by atoms with Gasteiger partial charge in [0.2, 0.25) is 11.8 Å². The summed E-state index contributed by atoms with van der Waals surface area (Å²) in [5.41, 5.74) is 1.81. The van der Waals surface area contributed by atoms with Crippen molar-refractivity contribution in [2.45, 2.75) is 13.0 Å². The lowest BCUT2D eigenvalue weighted by Gasteiger charge is -2.44. The van der Waals surface area contributed by atoms with Crippen LogP contribution in [0.3, 0.4) is 0 Å². The number of para-hydroxylation sites is 1. The van der Waals surface area contributed by atoms with Crippen molar-refractivity contribution in [2.75, 3.05) is 47.6 Å². The molecular formula is C30H26F2N8O4S. The van der Waals surface area contributed by atoms with E-state index in [-0.39, 0.29) is 28.4 Å². The molecule has 0 aliphatic carbocycles. The van der Waals surface area contributed by atoms with Crippen molar-refractivity contribution in [2.24, 2.45) is 0 Å². The highest BCUT2D eigenvalue weighted by atomic mass is 32.1. The average Bonchev–Trinajstić information content (AvgIpc) is 3.51. The molecule has 0 radical (unpaired) electrons. The summed E-state index contributed by atoms with van der Waals surface area (Å²) >= 11 is 0.953. The van der Waals surface area contributed by atoms with Gasteiger partial charge in [-0.25, -0.2) is 23.7 Å². The minimum Gasteiger partial charge on any atom is -0.493 e. The Morgan fingerprint density at radius 2 is 1.96 bits per heavy atom. The number of ether oxygens (including phenoxy) is 1. The van der Waals surface area contributed by atoms with E-state index in [4.69, 9.17) is 14.7 Å². The molecule has 3 aromatic heterocycles. The summed E-state index contributed by atoms with van der Waals surface area (Å²) in [5.74, 6) is -1.70. The Balaban J connectivity index is 1.24. The van der Waals surface area contributed by atoms with E-state index in [2.05, 4.69) is 27.5 Å². The number of fused-ring (bicyclic) bond motifs is 3. The molecule has 1 fully saturated rings. The first-order valence-electron chi connectivity index (χ1n) is 13.7. The molecule has 0 spiro atoms. The van der Waals surface area contributed by atoms with Gasteiger partial charge in [-0.1, -0.05) is 24.0 Å². The van der Waals surface area contributed by atoms with Gasteiger partial charge >= 0.3 is 0 Å². The molecule has 15 heteroatoms. The van der Waals surface area contributed by atoms with E-state index in [1.807, 2.05) is 11.8 Å². The van der Waals surface area contributed by atoms with Crippen molar-refractivity contribution in [3.63, 3.8) is 0 Å². The van der Waals surface area contributed by atoms with Crippen LogP contribution in [-0.4, -0.2) is 70.4 Å². The molecule has 2 aliphatic rings. The number of nitrogens with zero attached hydrogens (tertiary/aromatic N) is 5. The number of aromatic nitrogens is 3. The van der Waals surface area contributed by atoms with E-state index >= 15 is 0 Å². The number of hydrogen-bond donors (Lipinski definition) is 3. The smallest absolute Gasteiger partial charge is 0.267 e. The highest BCUT2D eigenvalue weighted by molar-refractivity contribution is 7.17. The maximum Gasteiger partial charge on any atom is 0.267 e. The molecule has 4 aromatic rings. The van der Waals surface area contributed by atoms with Gasteiger partial charge in [-0.2, -0.15) is 0 Å². The highest BCUT2D eigenvalue weighted by Crippen LogP contribution is 2.38. The SMILES string of the molecule is C=CC(=O)N1CCN2c3nc(C)c(-c4ccc(OC)c(Nc5ncc(C(=O)Nc6c(F)cccc6F)s5)n4)cc3NC(=O)C2C1. The molecule has 1 aromatic carbocycles. The molecule has 6 rings (SSSR count). The van der Waals surface area contributed by atoms with Crippen LogP contribution in [0.5, 0.6) is 5.75 Å². The van der Waals surface area contributed by atoms with Gasteiger partial charge in [0.05, 0.1) is 31.2 Å². The molecular weight excluding hydrogens is 606 g/mol. The zero-order chi connectivity index (χ0) is 31.8. The van der Waals surface area contributed by atoms with Crippen LogP contribution in [0.4, 0.5) is 36.9 Å². The number of halogens is 2. The van der Waals surface area contributed by atoms with Gasteiger partial charge in [0, 0.05) is 24.3 Å². The lowest BCUT2D eigenvalue weighted by atomic mass is 10.0. The minimum absolute atomic E-state index is 0.105. The second kappa shape index (κ2) is 11.9. The third kappa shape index (κ3) is 5.64. The normalized spacial score (nSPS) is 15.5. The zero-order valence-electron chi connectivity index (χ0n) is 24.1. The fourth-order valence-electron chi connectivity index (χ4n) is 5.15. The number of thiazole rings is 1. The molecule has 1 atom stereocenters. The van der Waals surface area contributed by atoms with Gasteiger partial charge in [0.15, 0.2) is 22.5 Å². The van der Waals surface area contributed by atoms with Crippen LogP contribution in [0.1, 0.15) is 15.4 Å². The number of hydrogen-bond acceptors (Lipinski definition) is 10.